The van der Waals surface area contributed by atoms with E-state index in [4.69, 9.17) is 4.74 Å². The molecule has 0 radical (unpaired) electrons. The molecule has 1 aliphatic heterocycles. The molecule has 0 saturated carbocycles. The largest absolute Gasteiger partial charge is 0.493 e. The number of hydrogen-bond acceptors (Lipinski definition) is 3. The van der Waals surface area contributed by atoms with Crippen molar-refractivity contribution in [2.45, 2.75) is 33.2 Å². The van der Waals surface area contributed by atoms with Crippen molar-refractivity contribution in [1.82, 2.24) is 14.7 Å². The molecule has 1 atom stereocenters. The van der Waals surface area contributed by atoms with E-state index in [-0.39, 0.29) is 11.8 Å². The fourth-order valence-corrected chi connectivity index (χ4v) is 3.38. The predicted molar refractivity (Wildman–Crippen MR) is 92.9 cm³/mol. The van der Waals surface area contributed by atoms with E-state index in [1.807, 2.05) is 55.7 Å². The average Bonchev–Trinajstić information content (AvgIpc) is 2.75. The van der Waals surface area contributed by atoms with Gasteiger partial charge in [0, 0.05) is 37.8 Å². The van der Waals surface area contributed by atoms with Gasteiger partial charge in [-0.3, -0.25) is 9.48 Å². The minimum atomic E-state index is -0.0315. The molecular weight excluding hydrogens is 302 g/mol. The molecule has 0 aliphatic carbocycles. The molecule has 2 heterocycles. The zero-order valence-corrected chi connectivity index (χ0v) is 14.9. The van der Waals surface area contributed by atoms with Crippen LogP contribution >= 0.6 is 0 Å². The van der Waals surface area contributed by atoms with Crippen LogP contribution in [-0.2, 0) is 24.8 Å². The molecule has 5 nitrogen and oxygen atoms in total. The molecule has 3 rings (SSSR count). The number of fused-ring (bicyclic) bond motifs is 1. The molecular formula is C19H25N3O2. The molecule has 2 aromatic rings. The number of hydrogen-bond donors (Lipinski definition) is 0. The van der Waals surface area contributed by atoms with Gasteiger partial charge in [0.05, 0.1) is 12.3 Å². The number of aromatic nitrogens is 2. The number of carbonyl (C=O) groups is 1. The van der Waals surface area contributed by atoms with Gasteiger partial charge >= 0.3 is 0 Å². The Morgan fingerprint density at radius 3 is 2.83 bits per heavy atom. The number of nitrogens with zero attached hydrogens (tertiary/aromatic N) is 3. The molecule has 0 spiro atoms. The maximum absolute atomic E-state index is 12.9. The Labute approximate surface area is 143 Å². The molecule has 0 fully saturated rings. The van der Waals surface area contributed by atoms with Crippen LogP contribution in [0.1, 0.15) is 28.9 Å². The third-order valence-corrected chi connectivity index (χ3v) is 4.94. The van der Waals surface area contributed by atoms with Gasteiger partial charge in [0.1, 0.15) is 5.75 Å². The lowest BCUT2D eigenvalue weighted by Crippen LogP contribution is -2.34. The Morgan fingerprint density at radius 1 is 1.38 bits per heavy atom. The Morgan fingerprint density at radius 2 is 2.12 bits per heavy atom. The number of amides is 1. The zero-order chi connectivity index (χ0) is 17.3. The Kier molecular flexibility index (Phi) is 4.60. The Balaban J connectivity index is 1.74. The van der Waals surface area contributed by atoms with E-state index in [1.54, 1.807) is 0 Å². The lowest BCUT2D eigenvalue weighted by Gasteiger charge is -2.23. The maximum Gasteiger partial charge on any atom is 0.226 e. The second-order valence-electron chi connectivity index (χ2n) is 6.61. The fraction of sp³-hybridized carbons (Fsp3) is 0.474. The van der Waals surface area contributed by atoms with Gasteiger partial charge in [-0.15, -0.1) is 0 Å². The van der Waals surface area contributed by atoms with E-state index in [9.17, 15) is 4.79 Å². The first-order valence-electron chi connectivity index (χ1n) is 8.42. The minimum Gasteiger partial charge on any atom is -0.493 e. The molecule has 0 N–H and O–H groups in total. The van der Waals surface area contributed by atoms with Gasteiger partial charge in [0.2, 0.25) is 5.91 Å². The van der Waals surface area contributed by atoms with Crippen molar-refractivity contribution in [2.75, 3.05) is 13.7 Å². The quantitative estimate of drug-likeness (QED) is 0.871. The van der Waals surface area contributed by atoms with Gasteiger partial charge in [0.25, 0.3) is 0 Å². The molecule has 5 heteroatoms. The number of para-hydroxylation sites is 1. The predicted octanol–water partition coefficient (Wildman–Crippen LogP) is 2.64. The standard InChI is InChI=1S/C19H25N3O2/c1-13-17(14(2)22(4)20-13)12-21(3)19(23)16-9-10-24-18-8-6-5-7-15(18)11-16/h5-8,16H,9-12H2,1-4H3/t16-/m0/s1. The SMILES string of the molecule is Cc1nn(C)c(C)c1CN(C)C(=O)[C@H]1CCOc2ccccc2C1. The molecule has 1 amide bonds. The Hall–Kier alpha value is -2.30. The van der Waals surface area contributed by atoms with Crippen molar-refractivity contribution in [1.29, 1.82) is 0 Å². The van der Waals surface area contributed by atoms with Gasteiger partial charge in [-0.1, -0.05) is 18.2 Å². The number of carbonyl (C=O) groups excluding carboxylic acids is 1. The zero-order valence-electron chi connectivity index (χ0n) is 14.9. The first-order valence-corrected chi connectivity index (χ1v) is 8.42. The summed E-state index contributed by atoms with van der Waals surface area (Å²) in [5.74, 6) is 1.06. The number of aryl methyl sites for hydroxylation is 2. The number of ether oxygens (including phenoxy) is 1. The van der Waals surface area contributed by atoms with Crippen LogP contribution in [-0.4, -0.2) is 34.2 Å². The lowest BCUT2D eigenvalue weighted by atomic mass is 9.95. The van der Waals surface area contributed by atoms with Gasteiger partial charge in [-0.05, 0) is 38.3 Å². The van der Waals surface area contributed by atoms with Gasteiger partial charge < -0.3 is 9.64 Å². The first-order chi connectivity index (χ1) is 11.5. The van der Waals surface area contributed by atoms with Crippen molar-refractivity contribution in [3.05, 3.63) is 46.8 Å². The molecule has 0 unspecified atom stereocenters. The molecule has 1 aliphatic rings. The monoisotopic (exact) mass is 327 g/mol. The summed E-state index contributed by atoms with van der Waals surface area (Å²) >= 11 is 0. The van der Waals surface area contributed by atoms with Crippen LogP contribution in [0.15, 0.2) is 24.3 Å². The summed E-state index contributed by atoms with van der Waals surface area (Å²) in [6, 6.07) is 8.01. The average molecular weight is 327 g/mol. The van der Waals surface area contributed by atoms with Crippen LogP contribution < -0.4 is 4.74 Å². The lowest BCUT2D eigenvalue weighted by molar-refractivity contribution is -0.135. The van der Waals surface area contributed by atoms with Crippen LogP contribution in [0.2, 0.25) is 0 Å². The highest BCUT2D eigenvalue weighted by Crippen LogP contribution is 2.28. The fourth-order valence-electron chi connectivity index (χ4n) is 3.38. The summed E-state index contributed by atoms with van der Waals surface area (Å²) in [6.45, 7) is 5.23. The molecule has 128 valence electrons. The summed E-state index contributed by atoms with van der Waals surface area (Å²) in [5.41, 5.74) is 4.36. The van der Waals surface area contributed by atoms with E-state index in [2.05, 4.69) is 11.2 Å². The second-order valence-corrected chi connectivity index (χ2v) is 6.61. The topological polar surface area (TPSA) is 47.4 Å². The molecule has 0 bridgehead atoms. The van der Waals surface area contributed by atoms with Crippen molar-refractivity contribution >= 4 is 5.91 Å². The van der Waals surface area contributed by atoms with Crippen LogP contribution in [0.25, 0.3) is 0 Å². The van der Waals surface area contributed by atoms with Gasteiger partial charge in [0.15, 0.2) is 0 Å². The third-order valence-electron chi connectivity index (χ3n) is 4.94. The number of rotatable bonds is 3. The molecule has 1 aromatic heterocycles. The van der Waals surface area contributed by atoms with Crippen LogP contribution in [0.4, 0.5) is 0 Å². The molecule has 24 heavy (non-hydrogen) atoms. The highest BCUT2D eigenvalue weighted by molar-refractivity contribution is 5.79. The van der Waals surface area contributed by atoms with Crippen molar-refractivity contribution in [2.24, 2.45) is 13.0 Å². The smallest absolute Gasteiger partial charge is 0.226 e. The number of benzene rings is 1. The second kappa shape index (κ2) is 6.67. The van der Waals surface area contributed by atoms with E-state index in [0.717, 1.165) is 41.1 Å². The summed E-state index contributed by atoms with van der Waals surface area (Å²) in [6.07, 6.45) is 1.49. The highest BCUT2D eigenvalue weighted by Gasteiger charge is 2.27. The Bertz CT molecular complexity index is 751. The van der Waals surface area contributed by atoms with Crippen molar-refractivity contribution < 1.29 is 9.53 Å². The third kappa shape index (κ3) is 3.16. The van der Waals surface area contributed by atoms with E-state index >= 15 is 0 Å². The van der Waals surface area contributed by atoms with Crippen LogP contribution in [0, 0.1) is 19.8 Å². The maximum atomic E-state index is 12.9. The van der Waals surface area contributed by atoms with E-state index in [1.165, 1.54) is 0 Å². The van der Waals surface area contributed by atoms with Crippen molar-refractivity contribution in [3.63, 3.8) is 0 Å². The van der Waals surface area contributed by atoms with Crippen molar-refractivity contribution in [3.8, 4) is 5.75 Å². The van der Waals surface area contributed by atoms with Gasteiger partial charge in [-0.2, -0.15) is 5.10 Å². The van der Waals surface area contributed by atoms with E-state index < -0.39 is 0 Å². The van der Waals surface area contributed by atoms with Crippen LogP contribution in [0.3, 0.4) is 0 Å². The summed E-state index contributed by atoms with van der Waals surface area (Å²) in [7, 11) is 3.82. The normalized spacial score (nSPS) is 16.9. The van der Waals surface area contributed by atoms with Gasteiger partial charge in [-0.25, -0.2) is 0 Å². The summed E-state index contributed by atoms with van der Waals surface area (Å²) in [4.78, 5) is 14.8. The molecule has 1 aromatic carbocycles. The molecule has 0 saturated heterocycles. The summed E-state index contributed by atoms with van der Waals surface area (Å²) < 4.78 is 7.66. The minimum absolute atomic E-state index is 0.0315. The van der Waals surface area contributed by atoms with Crippen LogP contribution in [0.5, 0.6) is 5.75 Å². The van der Waals surface area contributed by atoms with E-state index in [0.29, 0.717) is 13.2 Å². The first kappa shape index (κ1) is 16.6. The highest BCUT2D eigenvalue weighted by atomic mass is 16.5. The summed E-state index contributed by atoms with van der Waals surface area (Å²) in [5, 5.41) is 4.44.